The number of aliphatic hydroxyl groups excluding tert-OH is 2. The van der Waals surface area contributed by atoms with E-state index >= 15 is 0 Å². The summed E-state index contributed by atoms with van der Waals surface area (Å²) in [6.07, 6.45) is 2.85. The maximum Gasteiger partial charge on any atom is 0.0908 e. The second kappa shape index (κ2) is 2.44. The van der Waals surface area contributed by atoms with Gasteiger partial charge in [0.25, 0.3) is 0 Å². The zero-order valence-corrected chi connectivity index (χ0v) is 7.36. The molecule has 0 saturated heterocycles. The highest BCUT2D eigenvalue weighted by atomic mass is 16.3. The monoisotopic (exact) mass is 166 g/mol. The van der Waals surface area contributed by atoms with Gasteiger partial charge in [0.2, 0.25) is 0 Å². The first-order valence-corrected chi connectivity index (χ1v) is 4.34. The molecule has 1 saturated carbocycles. The van der Waals surface area contributed by atoms with Crippen LogP contribution in [-0.2, 0) is 0 Å². The molecule has 0 aromatic heterocycles. The Morgan fingerprint density at radius 3 is 1.75 bits per heavy atom. The van der Waals surface area contributed by atoms with Gasteiger partial charge in [0.15, 0.2) is 0 Å². The summed E-state index contributed by atoms with van der Waals surface area (Å²) in [7, 11) is 0. The van der Waals surface area contributed by atoms with Gasteiger partial charge in [-0.05, 0) is 13.8 Å². The predicted molar refractivity (Wildman–Crippen MR) is 46.5 cm³/mol. The second-order valence-electron chi connectivity index (χ2n) is 3.87. The lowest BCUT2D eigenvalue weighted by molar-refractivity contribution is 0.0135. The van der Waals surface area contributed by atoms with E-state index in [-0.39, 0.29) is 11.8 Å². The molecular weight excluding hydrogens is 152 g/mol. The molecule has 1 fully saturated rings. The maximum absolute atomic E-state index is 9.57. The maximum atomic E-state index is 9.57. The summed E-state index contributed by atoms with van der Waals surface area (Å²) in [5.74, 6) is 0.157. The van der Waals surface area contributed by atoms with Crippen molar-refractivity contribution in [2.24, 2.45) is 11.8 Å². The largest absolute Gasteiger partial charge is 0.389 e. The average molecular weight is 166 g/mol. The molecule has 2 aliphatic rings. The van der Waals surface area contributed by atoms with Gasteiger partial charge in [0, 0.05) is 11.8 Å². The van der Waals surface area contributed by atoms with Gasteiger partial charge in [0.1, 0.15) is 0 Å². The van der Waals surface area contributed by atoms with Crippen molar-refractivity contribution in [2.45, 2.75) is 26.1 Å². The Morgan fingerprint density at radius 1 is 1.08 bits per heavy atom. The Balaban J connectivity index is 2.43. The molecular formula is C10H14O2. The van der Waals surface area contributed by atoms with Crippen LogP contribution in [-0.4, -0.2) is 22.4 Å². The van der Waals surface area contributed by atoms with Crippen LogP contribution < -0.4 is 0 Å². The number of allylic oxidation sites excluding steroid dienone is 1. The normalized spacial score (nSPS) is 44.2. The molecule has 66 valence electrons. The summed E-state index contributed by atoms with van der Waals surface area (Å²) in [5.41, 5.74) is 2.45. The molecule has 2 rings (SSSR count). The number of fused-ring (bicyclic) bond motifs is 2. The van der Waals surface area contributed by atoms with Crippen molar-refractivity contribution in [3.8, 4) is 0 Å². The van der Waals surface area contributed by atoms with E-state index in [9.17, 15) is 10.2 Å². The Bertz CT molecular complexity index is 241. The second-order valence-corrected chi connectivity index (χ2v) is 3.87. The van der Waals surface area contributed by atoms with Crippen LogP contribution in [0.15, 0.2) is 23.3 Å². The van der Waals surface area contributed by atoms with E-state index in [0.717, 1.165) is 0 Å². The van der Waals surface area contributed by atoms with Crippen LogP contribution in [0.2, 0.25) is 0 Å². The van der Waals surface area contributed by atoms with E-state index in [4.69, 9.17) is 0 Å². The summed E-state index contributed by atoms with van der Waals surface area (Å²) < 4.78 is 0. The van der Waals surface area contributed by atoms with E-state index in [1.54, 1.807) is 0 Å². The van der Waals surface area contributed by atoms with Crippen molar-refractivity contribution >= 4 is 0 Å². The lowest BCUT2D eigenvalue weighted by atomic mass is 9.99. The van der Waals surface area contributed by atoms with E-state index in [1.807, 2.05) is 26.0 Å². The Kier molecular flexibility index (Phi) is 1.63. The number of aliphatic hydroxyl groups is 2. The van der Waals surface area contributed by atoms with Gasteiger partial charge in [-0.1, -0.05) is 23.3 Å². The summed E-state index contributed by atoms with van der Waals surface area (Å²) in [4.78, 5) is 0. The van der Waals surface area contributed by atoms with Crippen molar-refractivity contribution in [1.29, 1.82) is 0 Å². The summed E-state index contributed by atoms with van der Waals surface area (Å²) in [6, 6.07) is 0. The van der Waals surface area contributed by atoms with Crippen LogP contribution in [0.4, 0.5) is 0 Å². The highest BCUT2D eigenvalue weighted by molar-refractivity contribution is 5.39. The third-order valence-electron chi connectivity index (χ3n) is 2.91. The first-order valence-electron chi connectivity index (χ1n) is 4.34. The van der Waals surface area contributed by atoms with Gasteiger partial charge in [-0.2, -0.15) is 0 Å². The van der Waals surface area contributed by atoms with E-state index < -0.39 is 12.2 Å². The fraction of sp³-hybridized carbons (Fsp3) is 0.600. The molecule has 0 spiro atoms. The van der Waals surface area contributed by atoms with E-state index in [0.29, 0.717) is 0 Å². The summed E-state index contributed by atoms with van der Waals surface area (Å²) >= 11 is 0. The molecule has 2 nitrogen and oxygen atoms in total. The molecule has 2 bridgehead atoms. The Hall–Kier alpha value is -0.600. The molecule has 0 aliphatic heterocycles. The third kappa shape index (κ3) is 0.822. The van der Waals surface area contributed by atoms with Crippen LogP contribution in [0, 0.1) is 11.8 Å². The minimum Gasteiger partial charge on any atom is -0.389 e. The zero-order valence-electron chi connectivity index (χ0n) is 7.36. The van der Waals surface area contributed by atoms with Gasteiger partial charge in [-0.25, -0.2) is 0 Å². The molecule has 4 atom stereocenters. The van der Waals surface area contributed by atoms with Crippen molar-refractivity contribution in [3.63, 3.8) is 0 Å². The van der Waals surface area contributed by atoms with Gasteiger partial charge in [-0.3, -0.25) is 0 Å². The first kappa shape index (κ1) is 8.02. The van der Waals surface area contributed by atoms with Crippen molar-refractivity contribution in [3.05, 3.63) is 23.3 Å². The SMILES string of the molecule is CC(C)=C1[C@H]2C=C[C@H]1[C@@H](O)[C@@H]2O. The molecule has 2 aliphatic carbocycles. The van der Waals surface area contributed by atoms with Crippen LogP contribution >= 0.6 is 0 Å². The topological polar surface area (TPSA) is 40.5 Å². The third-order valence-corrected chi connectivity index (χ3v) is 2.91. The average Bonchev–Trinajstić information content (AvgIpc) is 2.51. The van der Waals surface area contributed by atoms with Crippen LogP contribution in [0.5, 0.6) is 0 Å². The van der Waals surface area contributed by atoms with Crippen LogP contribution in [0.3, 0.4) is 0 Å². The number of hydrogen-bond donors (Lipinski definition) is 2. The first-order chi connectivity index (χ1) is 5.63. The Morgan fingerprint density at radius 2 is 1.50 bits per heavy atom. The number of rotatable bonds is 0. The van der Waals surface area contributed by atoms with Crippen molar-refractivity contribution in [1.82, 2.24) is 0 Å². The molecule has 12 heavy (non-hydrogen) atoms. The molecule has 0 radical (unpaired) electrons. The zero-order chi connectivity index (χ0) is 8.88. The van der Waals surface area contributed by atoms with Crippen molar-refractivity contribution < 1.29 is 10.2 Å². The van der Waals surface area contributed by atoms with Crippen molar-refractivity contribution in [2.75, 3.05) is 0 Å². The highest BCUT2D eigenvalue weighted by Gasteiger charge is 2.46. The highest BCUT2D eigenvalue weighted by Crippen LogP contribution is 2.45. The predicted octanol–water partition coefficient (Wildman–Crippen LogP) is 0.860. The van der Waals surface area contributed by atoms with Gasteiger partial charge in [0.05, 0.1) is 12.2 Å². The van der Waals surface area contributed by atoms with Gasteiger partial charge >= 0.3 is 0 Å². The van der Waals surface area contributed by atoms with Gasteiger partial charge < -0.3 is 10.2 Å². The minimum absolute atomic E-state index is 0.0787. The number of hydrogen-bond acceptors (Lipinski definition) is 2. The molecule has 0 aromatic rings. The molecule has 0 amide bonds. The molecule has 0 unspecified atom stereocenters. The van der Waals surface area contributed by atoms with E-state index in [1.165, 1.54) is 11.1 Å². The van der Waals surface area contributed by atoms with Gasteiger partial charge in [-0.15, -0.1) is 0 Å². The summed E-state index contributed by atoms with van der Waals surface area (Å²) in [5, 5.41) is 19.1. The Labute approximate surface area is 72.2 Å². The smallest absolute Gasteiger partial charge is 0.0908 e. The van der Waals surface area contributed by atoms with E-state index in [2.05, 4.69) is 0 Å². The van der Waals surface area contributed by atoms with Crippen LogP contribution in [0.25, 0.3) is 0 Å². The lowest BCUT2D eigenvalue weighted by Gasteiger charge is -2.16. The van der Waals surface area contributed by atoms with Crippen LogP contribution in [0.1, 0.15) is 13.8 Å². The quantitative estimate of drug-likeness (QED) is 0.524. The fourth-order valence-corrected chi connectivity index (χ4v) is 2.36. The molecule has 2 N–H and O–H groups in total. The minimum atomic E-state index is -0.579. The molecule has 0 aromatic carbocycles. The molecule has 0 heterocycles. The lowest BCUT2D eigenvalue weighted by Crippen LogP contribution is -2.29. The summed E-state index contributed by atoms with van der Waals surface area (Å²) in [6.45, 7) is 4.07. The standard InChI is InChI=1S/C10H14O2/c1-5(2)8-6-3-4-7(8)10(12)9(6)11/h3-4,6-7,9-12H,1-2H3/t6-,7-,9-,10-/m1/s1. The fourth-order valence-electron chi connectivity index (χ4n) is 2.36. The molecule has 2 heteroatoms.